The number of nitrogens with one attached hydrogen (secondary N) is 4. The zero-order valence-corrected chi connectivity index (χ0v) is 4.97. The van der Waals surface area contributed by atoms with Crippen LogP contribution in [-0.2, 0) is 0 Å². The average molecular weight is 144 g/mol. The van der Waals surface area contributed by atoms with Crippen LogP contribution in [0.2, 0.25) is 0 Å². The minimum atomic E-state index is -0.292. The van der Waals surface area contributed by atoms with Crippen molar-refractivity contribution in [2.75, 3.05) is 0 Å². The maximum absolute atomic E-state index is 10.5. The van der Waals surface area contributed by atoms with Gasteiger partial charge in [0.1, 0.15) is 12.3 Å². The first-order valence-electron chi connectivity index (χ1n) is 2.90. The number of rotatable bonds is 0. The predicted octanol–water partition coefficient (Wildman–Crippen LogP) is -1.74. The van der Waals surface area contributed by atoms with Crippen molar-refractivity contribution < 1.29 is 9.59 Å². The van der Waals surface area contributed by atoms with Crippen LogP contribution in [0, 0.1) is 0 Å². The van der Waals surface area contributed by atoms with Crippen LogP contribution in [-0.4, -0.2) is 24.4 Å². The second-order valence-electron chi connectivity index (χ2n) is 2.19. The summed E-state index contributed by atoms with van der Waals surface area (Å²) in [4.78, 5) is 21.1. The third-order valence-electron chi connectivity index (χ3n) is 1.48. The summed E-state index contributed by atoms with van der Waals surface area (Å²) in [7, 11) is 0. The molecule has 0 unspecified atom stereocenters. The van der Waals surface area contributed by atoms with E-state index in [1.807, 2.05) is 0 Å². The van der Waals surface area contributed by atoms with Crippen LogP contribution in [0.3, 0.4) is 0 Å². The summed E-state index contributed by atoms with van der Waals surface area (Å²) >= 11 is 0. The first kappa shape index (κ1) is 5.33. The SMILES string of the molecule is O=[13C]1NC2N[13C](=O)NC2N1. The largest absolute Gasteiger partial charge is 0.318 e. The smallest absolute Gasteiger partial charge is 0.314 e. The molecule has 0 aromatic rings. The van der Waals surface area contributed by atoms with E-state index in [-0.39, 0.29) is 24.4 Å². The van der Waals surface area contributed by atoms with Crippen LogP contribution >= 0.6 is 0 Å². The highest BCUT2D eigenvalue weighted by molar-refractivity contribution is 5.84. The first-order valence-corrected chi connectivity index (χ1v) is 2.90. The lowest BCUT2D eigenvalue weighted by molar-refractivity contribution is 0.239. The molecule has 54 valence electrons. The fraction of sp³-hybridized carbons (Fsp3) is 0.500. The molecular formula is C4H6N4O2. The Kier molecular flexibility index (Phi) is 0.814. The molecule has 2 aliphatic heterocycles. The second kappa shape index (κ2) is 1.53. The van der Waals surface area contributed by atoms with Crippen LogP contribution in [0.4, 0.5) is 9.59 Å². The molecule has 0 radical (unpaired) electrons. The summed E-state index contributed by atoms with van der Waals surface area (Å²) in [5.74, 6) is 0. The first-order chi connectivity index (χ1) is 4.75. The van der Waals surface area contributed by atoms with Gasteiger partial charge in [0.05, 0.1) is 0 Å². The number of hydrogen-bond donors (Lipinski definition) is 4. The van der Waals surface area contributed by atoms with Crippen LogP contribution in [0.25, 0.3) is 0 Å². The number of carbonyl (C=O) groups excluding carboxylic acids is 2. The molecule has 4 amide bonds. The predicted molar refractivity (Wildman–Crippen MR) is 30.9 cm³/mol. The molecule has 6 nitrogen and oxygen atoms in total. The van der Waals surface area contributed by atoms with Crippen molar-refractivity contribution in [3.63, 3.8) is 0 Å². The van der Waals surface area contributed by atoms with Crippen LogP contribution < -0.4 is 21.3 Å². The van der Waals surface area contributed by atoms with Gasteiger partial charge in [-0.25, -0.2) is 9.59 Å². The zero-order valence-electron chi connectivity index (χ0n) is 4.97. The average Bonchev–Trinajstić information content (AvgIpc) is 2.21. The molecular weight excluding hydrogens is 138 g/mol. The molecule has 2 saturated heterocycles. The van der Waals surface area contributed by atoms with Gasteiger partial charge >= 0.3 is 12.1 Å². The molecule has 0 saturated carbocycles. The van der Waals surface area contributed by atoms with Crippen LogP contribution in [0.1, 0.15) is 0 Å². The van der Waals surface area contributed by atoms with E-state index in [2.05, 4.69) is 21.3 Å². The fourth-order valence-electron chi connectivity index (χ4n) is 1.05. The van der Waals surface area contributed by atoms with Crippen molar-refractivity contribution in [2.45, 2.75) is 12.3 Å². The Morgan fingerprint density at radius 3 is 1.40 bits per heavy atom. The van der Waals surface area contributed by atoms with Gasteiger partial charge in [-0.1, -0.05) is 0 Å². The van der Waals surface area contributed by atoms with Crippen molar-refractivity contribution in [2.24, 2.45) is 0 Å². The summed E-state index contributed by atoms with van der Waals surface area (Å²) in [6.45, 7) is 0. The summed E-state index contributed by atoms with van der Waals surface area (Å²) in [6.07, 6.45) is -0.583. The molecule has 2 aliphatic rings. The maximum atomic E-state index is 10.5. The molecule has 0 aromatic heterocycles. The Hall–Kier alpha value is -1.46. The standard InChI is InChI=1S/C4H6N4O2/c9-3-5-1-2(7-3)8-4(10)6-1/h1-2H,(H2,5,7,9)(H2,6,8,10)/i3+1,4+1. The van der Waals surface area contributed by atoms with Crippen molar-refractivity contribution in [3.8, 4) is 0 Å². The van der Waals surface area contributed by atoms with Gasteiger partial charge in [0, 0.05) is 0 Å². The lowest BCUT2D eigenvalue weighted by atomic mass is 10.4. The quantitative estimate of drug-likeness (QED) is 0.304. The van der Waals surface area contributed by atoms with Crippen LogP contribution in [0.15, 0.2) is 0 Å². The maximum Gasteiger partial charge on any atom is 0.318 e. The lowest BCUT2D eigenvalue weighted by Gasteiger charge is -2.02. The van der Waals surface area contributed by atoms with Gasteiger partial charge in [0.2, 0.25) is 0 Å². The molecule has 2 rings (SSSR count). The number of urea groups is 2. The van der Waals surface area contributed by atoms with E-state index < -0.39 is 0 Å². The number of fused-ring (bicyclic) bond motifs is 1. The summed E-state index contributed by atoms with van der Waals surface area (Å²) in [6, 6.07) is -0.523. The van der Waals surface area contributed by atoms with E-state index in [0.29, 0.717) is 0 Å². The Bertz CT molecular complexity index is 165. The van der Waals surface area contributed by atoms with Crippen molar-refractivity contribution >= 4 is 12.1 Å². The minimum absolute atomic E-state index is 0.262. The highest BCUT2D eigenvalue weighted by atomic mass is 16.3. The highest BCUT2D eigenvalue weighted by Gasteiger charge is 2.38. The summed E-state index contributed by atoms with van der Waals surface area (Å²) in [5.41, 5.74) is 0. The van der Waals surface area contributed by atoms with Gasteiger partial charge in [-0.3, -0.25) is 0 Å². The van der Waals surface area contributed by atoms with Gasteiger partial charge in [-0.05, 0) is 0 Å². The second-order valence-corrected chi connectivity index (χ2v) is 2.19. The Morgan fingerprint density at radius 2 is 1.10 bits per heavy atom. The van der Waals surface area contributed by atoms with E-state index >= 15 is 0 Å². The molecule has 2 heterocycles. The van der Waals surface area contributed by atoms with Crippen molar-refractivity contribution in [1.29, 1.82) is 0 Å². The van der Waals surface area contributed by atoms with Gasteiger partial charge in [0.15, 0.2) is 0 Å². The van der Waals surface area contributed by atoms with Crippen LogP contribution in [0.5, 0.6) is 0 Å². The lowest BCUT2D eigenvalue weighted by Crippen LogP contribution is -2.39. The van der Waals surface area contributed by atoms with Crippen molar-refractivity contribution in [1.82, 2.24) is 21.3 Å². The molecule has 4 N–H and O–H groups in total. The van der Waals surface area contributed by atoms with E-state index in [1.165, 1.54) is 0 Å². The monoisotopic (exact) mass is 144 g/mol. The Morgan fingerprint density at radius 1 is 0.800 bits per heavy atom. The molecule has 0 bridgehead atoms. The Balaban J connectivity index is 2.12. The number of hydrogen-bond acceptors (Lipinski definition) is 2. The van der Waals surface area contributed by atoms with Gasteiger partial charge < -0.3 is 21.3 Å². The number of carbonyl (C=O) groups is 2. The third-order valence-corrected chi connectivity index (χ3v) is 1.48. The minimum Gasteiger partial charge on any atom is -0.314 e. The summed E-state index contributed by atoms with van der Waals surface area (Å²) < 4.78 is 0. The Labute approximate surface area is 56.3 Å². The van der Waals surface area contributed by atoms with E-state index in [0.717, 1.165) is 0 Å². The van der Waals surface area contributed by atoms with Gasteiger partial charge in [-0.2, -0.15) is 0 Å². The molecule has 10 heavy (non-hydrogen) atoms. The van der Waals surface area contributed by atoms with E-state index in [4.69, 9.17) is 0 Å². The summed E-state index contributed by atoms with van der Waals surface area (Å²) in [5, 5.41) is 10.0. The van der Waals surface area contributed by atoms with Crippen molar-refractivity contribution in [3.05, 3.63) is 0 Å². The highest BCUT2D eigenvalue weighted by Crippen LogP contribution is 2.00. The normalized spacial score (nSPS) is 35.6. The van der Waals surface area contributed by atoms with Gasteiger partial charge in [-0.15, -0.1) is 0 Å². The fourth-order valence-corrected chi connectivity index (χ4v) is 1.05. The van der Waals surface area contributed by atoms with Gasteiger partial charge in [0.25, 0.3) is 0 Å². The van der Waals surface area contributed by atoms with E-state index in [1.54, 1.807) is 0 Å². The molecule has 6 heteroatoms. The zero-order chi connectivity index (χ0) is 7.14. The molecule has 2 fully saturated rings. The third kappa shape index (κ3) is 0.584. The van der Waals surface area contributed by atoms with E-state index in [9.17, 15) is 9.59 Å². The molecule has 0 aliphatic carbocycles. The molecule has 0 spiro atoms. The number of amides is 4. The topological polar surface area (TPSA) is 82.3 Å². The molecule has 0 aromatic carbocycles. The molecule has 0 atom stereocenters.